The summed E-state index contributed by atoms with van der Waals surface area (Å²) in [5, 5.41) is 11.4. The maximum absolute atomic E-state index is 13.9. The Morgan fingerprint density at radius 3 is 2.00 bits per heavy atom. The largest absolute Gasteiger partial charge is 0.497 e. The molecule has 12 nitrogen and oxygen atoms in total. The zero-order chi connectivity index (χ0) is 35.5. The van der Waals surface area contributed by atoms with Crippen molar-refractivity contribution in [2.45, 2.75) is 78.2 Å². The number of nitrogens with zero attached hydrogens (tertiary/aromatic N) is 2. The summed E-state index contributed by atoms with van der Waals surface area (Å²) in [6.45, 7) is 9.66. The number of rotatable bonds is 9. The Morgan fingerprint density at radius 1 is 0.833 bits per heavy atom. The molecular formula is C36H52N6O6. The zero-order valence-corrected chi connectivity index (χ0v) is 29.5. The first-order valence-electron chi connectivity index (χ1n) is 16.5. The number of hydrogen-bond acceptors (Lipinski definition) is 7. The molecule has 1 aliphatic rings. The number of methoxy groups -OCH3 is 1. The lowest BCUT2D eigenvalue weighted by molar-refractivity contribution is -0.133. The monoisotopic (exact) mass is 664 g/mol. The van der Waals surface area contributed by atoms with Crippen LogP contribution in [0.25, 0.3) is 0 Å². The molecule has 262 valence electrons. The molecule has 12 heteroatoms. The molecule has 0 unspecified atom stereocenters. The smallest absolute Gasteiger partial charge is 0.254 e. The summed E-state index contributed by atoms with van der Waals surface area (Å²) in [5.74, 6) is -1.87. The summed E-state index contributed by atoms with van der Waals surface area (Å²) in [5.41, 5.74) is 2.19. The van der Waals surface area contributed by atoms with E-state index in [1.807, 2.05) is 58.8 Å². The lowest BCUT2D eigenvalue weighted by Gasteiger charge is -2.31. The molecule has 4 N–H and O–H groups in total. The van der Waals surface area contributed by atoms with Crippen molar-refractivity contribution in [2.24, 2.45) is 11.8 Å². The molecule has 1 aliphatic heterocycles. The molecule has 1 heterocycles. The highest BCUT2D eigenvalue weighted by molar-refractivity contribution is 5.98. The van der Waals surface area contributed by atoms with Gasteiger partial charge in [-0.25, -0.2) is 0 Å². The molecule has 48 heavy (non-hydrogen) atoms. The number of benzene rings is 2. The quantitative estimate of drug-likeness (QED) is 0.321. The normalized spacial score (nSPS) is 21.6. The molecular weight excluding hydrogens is 612 g/mol. The highest BCUT2D eigenvalue weighted by Gasteiger charge is 2.32. The van der Waals surface area contributed by atoms with Gasteiger partial charge in [-0.1, -0.05) is 52.0 Å². The lowest BCUT2D eigenvalue weighted by atomic mass is 10.0. The second-order valence-corrected chi connectivity index (χ2v) is 13.6. The SMILES string of the molecule is COc1ccc(C[C@@H]2NC(=O)[C@H](CC(C)C)NC(=O)CN(C(=O)c3ccc(CN(C)C)cc3)C[C@H](C(C)C)NC(=O)[C@@H](C)NC2=O)cc1. The van der Waals surface area contributed by atoms with E-state index in [0.29, 0.717) is 24.3 Å². The lowest BCUT2D eigenvalue weighted by Crippen LogP contribution is -2.57. The van der Waals surface area contributed by atoms with Crippen LogP contribution in [0.15, 0.2) is 48.5 Å². The Labute approximate surface area is 284 Å². The van der Waals surface area contributed by atoms with Crippen LogP contribution in [0.3, 0.4) is 0 Å². The summed E-state index contributed by atoms with van der Waals surface area (Å²) in [4.78, 5) is 71.6. The Kier molecular flexibility index (Phi) is 14.0. The molecule has 5 amide bonds. The second-order valence-electron chi connectivity index (χ2n) is 13.6. The first-order valence-corrected chi connectivity index (χ1v) is 16.5. The van der Waals surface area contributed by atoms with Gasteiger partial charge in [-0.05, 0) is 74.7 Å². The van der Waals surface area contributed by atoms with Crippen molar-refractivity contribution in [3.05, 3.63) is 65.2 Å². The fourth-order valence-corrected chi connectivity index (χ4v) is 5.46. The molecule has 1 saturated heterocycles. The van der Waals surface area contributed by atoms with Crippen molar-refractivity contribution in [2.75, 3.05) is 34.3 Å². The van der Waals surface area contributed by atoms with Gasteiger partial charge in [0.2, 0.25) is 23.6 Å². The van der Waals surface area contributed by atoms with Crippen LogP contribution in [0.2, 0.25) is 0 Å². The summed E-state index contributed by atoms with van der Waals surface area (Å²) >= 11 is 0. The van der Waals surface area contributed by atoms with Gasteiger partial charge in [0, 0.05) is 31.1 Å². The molecule has 0 aromatic heterocycles. The van der Waals surface area contributed by atoms with E-state index in [2.05, 4.69) is 21.3 Å². The van der Waals surface area contributed by atoms with Crippen molar-refractivity contribution < 1.29 is 28.7 Å². The number of nitrogens with one attached hydrogen (secondary N) is 4. The van der Waals surface area contributed by atoms with Crippen molar-refractivity contribution in [1.82, 2.24) is 31.1 Å². The van der Waals surface area contributed by atoms with Gasteiger partial charge in [0.15, 0.2) is 0 Å². The fraction of sp³-hybridized carbons (Fsp3) is 0.528. The van der Waals surface area contributed by atoms with Crippen LogP contribution in [-0.4, -0.2) is 97.8 Å². The molecule has 2 aromatic rings. The number of carbonyl (C=O) groups excluding carboxylic acids is 5. The average molecular weight is 665 g/mol. The maximum atomic E-state index is 13.9. The molecule has 2 aromatic carbocycles. The Hall–Kier alpha value is -4.45. The minimum Gasteiger partial charge on any atom is -0.497 e. The number of amides is 5. The summed E-state index contributed by atoms with van der Waals surface area (Å²) in [7, 11) is 5.47. The van der Waals surface area contributed by atoms with E-state index in [1.54, 1.807) is 50.4 Å². The van der Waals surface area contributed by atoms with Gasteiger partial charge in [-0.15, -0.1) is 0 Å². The third-order valence-corrected chi connectivity index (χ3v) is 8.21. The van der Waals surface area contributed by atoms with Crippen molar-refractivity contribution >= 4 is 29.5 Å². The van der Waals surface area contributed by atoms with Crippen LogP contribution < -0.4 is 26.0 Å². The predicted octanol–water partition coefficient (Wildman–Crippen LogP) is 2.12. The third-order valence-electron chi connectivity index (χ3n) is 8.21. The molecule has 3 rings (SSSR count). The highest BCUT2D eigenvalue weighted by atomic mass is 16.5. The van der Waals surface area contributed by atoms with Gasteiger partial charge in [-0.2, -0.15) is 0 Å². The van der Waals surface area contributed by atoms with Gasteiger partial charge < -0.3 is 35.8 Å². The van der Waals surface area contributed by atoms with Crippen LogP contribution in [0.5, 0.6) is 5.75 Å². The van der Waals surface area contributed by atoms with E-state index >= 15 is 0 Å². The van der Waals surface area contributed by atoms with E-state index in [-0.39, 0.29) is 37.3 Å². The molecule has 4 atom stereocenters. The van der Waals surface area contributed by atoms with Crippen molar-refractivity contribution in [3.8, 4) is 5.75 Å². The van der Waals surface area contributed by atoms with Gasteiger partial charge in [0.25, 0.3) is 5.91 Å². The van der Waals surface area contributed by atoms with E-state index in [0.717, 1.165) is 11.1 Å². The van der Waals surface area contributed by atoms with E-state index < -0.39 is 47.8 Å². The van der Waals surface area contributed by atoms with Crippen LogP contribution >= 0.6 is 0 Å². The van der Waals surface area contributed by atoms with Gasteiger partial charge >= 0.3 is 0 Å². The van der Waals surface area contributed by atoms with Gasteiger partial charge in [0.05, 0.1) is 13.7 Å². The predicted molar refractivity (Wildman–Crippen MR) is 184 cm³/mol. The standard InChI is InChI=1S/C36H52N6O6/c1-22(2)17-29-35(46)39-30(18-25-11-15-28(48-8)16-12-25)34(45)37-24(5)33(44)40-31(23(3)4)20-42(21-32(43)38-29)36(47)27-13-9-26(10-14-27)19-41(6)7/h9-16,22-24,29-31H,17-21H2,1-8H3,(H,37,45)(H,38,43)(H,39,46)(H,40,44)/t24-,29+,30+,31-/m1/s1. The molecule has 0 aliphatic carbocycles. The first-order chi connectivity index (χ1) is 22.7. The Morgan fingerprint density at radius 2 is 1.44 bits per heavy atom. The molecule has 0 saturated carbocycles. The minimum atomic E-state index is -1.03. The second kappa shape index (κ2) is 17.6. The topological polar surface area (TPSA) is 149 Å². The molecule has 0 spiro atoms. The molecule has 0 bridgehead atoms. The van der Waals surface area contributed by atoms with Crippen LogP contribution in [-0.2, 0) is 32.1 Å². The minimum absolute atomic E-state index is 0.0302. The van der Waals surface area contributed by atoms with Gasteiger partial charge in [-0.3, -0.25) is 24.0 Å². The Bertz CT molecular complexity index is 1410. The van der Waals surface area contributed by atoms with Crippen LogP contribution in [0.1, 0.15) is 62.5 Å². The summed E-state index contributed by atoms with van der Waals surface area (Å²) in [6.07, 6.45) is 0.448. The summed E-state index contributed by atoms with van der Waals surface area (Å²) < 4.78 is 5.24. The van der Waals surface area contributed by atoms with Crippen molar-refractivity contribution in [3.63, 3.8) is 0 Å². The summed E-state index contributed by atoms with van der Waals surface area (Å²) in [6, 6.07) is 10.8. The maximum Gasteiger partial charge on any atom is 0.254 e. The first kappa shape index (κ1) is 38.0. The van der Waals surface area contributed by atoms with Crippen LogP contribution in [0, 0.1) is 11.8 Å². The number of ether oxygens (including phenoxy) is 1. The van der Waals surface area contributed by atoms with E-state index in [9.17, 15) is 24.0 Å². The third kappa shape index (κ3) is 11.4. The van der Waals surface area contributed by atoms with E-state index in [1.165, 1.54) is 4.90 Å². The number of hydrogen-bond donors (Lipinski definition) is 4. The van der Waals surface area contributed by atoms with E-state index in [4.69, 9.17) is 4.74 Å². The Balaban J connectivity index is 1.98. The fourth-order valence-electron chi connectivity index (χ4n) is 5.46. The average Bonchev–Trinajstić information content (AvgIpc) is 3.02. The van der Waals surface area contributed by atoms with Crippen molar-refractivity contribution in [1.29, 1.82) is 0 Å². The molecule has 0 radical (unpaired) electrons. The van der Waals surface area contributed by atoms with Crippen LogP contribution in [0.4, 0.5) is 0 Å². The zero-order valence-electron chi connectivity index (χ0n) is 29.5. The number of carbonyl (C=O) groups is 5. The molecule has 1 fully saturated rings. The highest BCUT2D eigenvalue weighted by Crippen LogP contribution is 2.16. The van der Waals surface area contributed by atoms with Gasteiger partial charge in [0.1, 0.15) is 23.9 Å².